The highest BCUT2D eigenvalue weighted by atomic mass is 32.2. The molecule has 1 aromatic heterocycles. The molecule has 0 fully saturated rings. The Kier molecular flexibility index (Phi) is 4.19. The molecule has 9 heteroatoms. The van der Waals surface area contributed by atoms with E-state index in [1.54, 1.807) is 45.0 Å². The molecule has 2 heterocycles. The highest BCUT2D eigenvalue weighted by molar-refractivity contribution is 7.92. The van der Waals surface area contributed by atoms with Crippen LogP contribution in [0.4, 0.5) is 5.69 Å². The Bertz CT molecular complexity index is 949. The lowest BCUT2D eigenvalue weighted by atomic mass is 10.1. The molecule has 0 saturated heterocycles. The van der Waals surface area contributed by atoms with Crippen molar-refractivity contribution >= 4 is 21.6 Å². The number of hydrogen-bond donors (Lipinski definition) is 1. The second kappa shape index (κ2) is 6.07. The van der Waals surface area contributed by atoms with Gasteiger partial charge in [0.05, 0.1) is 23.5 Å². The molecule has 0 spiro atoms. The van der Waals surface area contributed by atoms with Gasteiger partial charge in [-0.3, -0.25) is 14.2 Å². The van der Waals surface area contributed by atoms with Gasteiger partial charge in [-0.1, -0.05) is 0 Å². The molecule has 0 unspecified atom stereocenters. The van der Waals surface area contributed by atoms with Gasteiger partial charge >= 0.3 is 0 Å². The van der Waals surface area contributed by atoms with E-state index in [4.69, 9.17) is 4.74 Å². The van der Waals surface area contributed by atoms with Gasteiger partial charge in [0.25, 0.3) is 15.9 Å². The summed E-state index contributed by atoms with van der Waals surface area (Å²) in [6.07, 6.45) is 0. The zero-order chi connectivity index (χ0) is 18.4. The zero-order valence-electron chi connectivity index (χ0n) is 14.5. The predicted octanol–water partition coefficient (Wildman–Crippen LogP) is 1.30. The molecule has 1 aromatic carbocycles. The van der Waals surface area contributed by atoms with Crippen molar-refractivity contribution in [1.82, 2.24) is 14.7 Å². The van der Waals surface area contributed by atoms with Crippen LogP contribution in [-0.2, 0) is 17.1 Å². The van der Waals surface area contributed by atoms with E-state index in [2.05, 4.69) is 9.82 Å². The van der Waals surface area contributed by atoms with Crippen LogP contribution in [-0.4, -0.2) is 49.2 Å². The summed E-state index contributed by atoms with van der Waals surface area (Å²) in [5.41, 5.74) is 1.59. The third-order valence-electron chi connectivity index (χ3n) is 4.20. The highest BCUT2D eigenvalue weighted by Crippen LogP contribution is 2.28. The summed E-state index contributed by atoms with van der Waals surface area (Å²) in [5, 5.41) is 4.14. The molecule has 0 radical (unpaired) electrons. The lowest BCUT2D eigenvalue weighted by Crippen LogP contribution is -2.27. The summed E-state index contributed by atoms with van der Waals surface area (Å²) in [7, 11) is -0.449. The van der Waals surface area contributed by atoms with Crippen LogP contribution in [0.15, 0.2) is 23.1 Å². The maximum atomic E-state index is 12.7. The highest BCUT2D eigenvalue weighted by Gasteiger charge is 2.26. The van der Waals surface area contributed by atoms with Gasteiger partial charge < -0.3 is 9.64 Å². The topological polar surface area (TPSA) is 93.5 Å². The second-order valence-electron chi connectivity index (χ2n) is 6.02. The van der Waals surface area contributed by atoms with Crippen LogP contribution in [0.25, 0.3) is 0 Å². The predicted molar refractivity (Wildman–Crippen MR) is 92.4 cm³/mol. The molecule has 1 amide bonds. The molecule has 0 saturated carbocycles. The average molecular weight is 364 g/mol. The van der Waals surface area contributed by atoms with Crippen molar-refractivity contribution in [2.45, 2.75) is 18.7 Å². The Morgan fingerprint density at radius 1 is 1.24 bits per heavy atom. The zero-order valence-corrected chi connectivity index (χ0v) is 15.3. The van der Waals surface area contributed by atoms with Crippen LogP contribution in [0.2, 0.25) is 0 Å². The van der Waals surface area contributed by atoms with Crippen molar-refractivity contribution in [1.29, 1.82) is 0 Å². The number of benzene rings is 1. The third-order valence-corrected chi connectivity index (χ3v) is 5.84. The first kappa shape index (κ1) is 17.3. The van der Waals surface area contributed by atoms with Crippen LogP contribution >= 0.6 is 0 Å². The SMILES string of the molecule is Cc1nn(C)c(C)c1S(=O)(=O)Nc1ccc2c(c1)C(=O)N(C)CCO2. The maximum absolute atomic E-state index is 12.7. The largest absolute Gasteiger partial charge is 0.491 e. The standard InChI is InChI=1S/C16H20N4O4S/c1-10-15(11(2)20(4)17-10)25(22,23)18-12-5-6-14-13(9-12)16(21)19(3)7-8-24-14/h5-6,9,18H,7-8H2,1-4H3. The van der Waals surface area contributed by atoms with Gasteiger partial charge in [-0.15, -0.1) is 0 Å². The lowest BCUT2D eigenvalue weighted by molar-refractivity contribution is 0.0796. The minimum atomic E-state index is -3.82. The Hall–Kier alpha value is -2.55. The van der Waals surface area contributed by atoms with Crippen LogP contribution in [0.3, 0.4) is 0 Å². The first-order chi connectivity index (χ1) is 11.7. The summed E-state index contributed by atoms with van der Waals surface area (Å²) in [5.74, 6) is 0.244. The van der Waals surface area contributed by atoms with Gasteiger partial charge in [0.15, 0.2) is 0 Å². The number of nitrogens with one attached hydrogen (secondary N) is 1. The molecule has 0 atom stereocenters. The summed E-state index contributed by atoms with van der Waals surface area (Å²) >= 11 is 0. The van der Waals surface area contributed by atoms with Crippen LogP contribution < -0.4 is 9.46 Å². The van der Waals surface area contributed by atoms with Crippen molar-refractivity contribution in [3.05, 3.63) is 35.2 Å². The fourth-order valence-electron chi connectivity index (χ4n) is 2.84. The number of nitrogens with zero attached hydrogens (tertiary/aromatic N) is 3. The number of likely N-dealkylation sites (N-methyl/N-ethyl adjacent to an activating group) is 1. The normalized spacial score (nSPS) is 14.7. The smallest absolute Gasteiger partial charge is 0.265 e. The number of fused-ring (bicyclic) bond motifs is 1. The molecule has 25 heavy (non-hydrogen) atoms. The number of aryl methyl sites for hydroxylation is 2. The minimum Gasteiger partial charge on any atom is -0.491 e. The molecule has 0 aliphatic carbocycles. The van der Waals surface area contributed by atoms with E-state index in [0.29, 0.717) is 41.5 Å². The molecule has 3 rings (SSSR count). The van der Waals surface area contributed by atoms with E-state index in [9.17, 15) is 13.2 Å². The van der Waals surface area contributed by atoms with Crippen LogP contribution in [0, 0.1) is 13.8 Å². The second-order valence-corrected chi connectivity index (χ2v) is 7.63. The molecule has 8 nitrogen and oxygen atoms in total. The number of anilines is 1. The quantitative estimate of drug-likeness (QED) is 0.886. The summed E-state index contributed by atoms with van der Waals surface area (Å²) in [6.45, 7) is 4.21. The Morgan fingerprint density at radius 3 is 2.60 bits per heavy atom. The van der Waals surface area contributed by atoms with Crippen molar-refractivity contribution in [3.63, 3.8) is 0 Å². The van der Waals surface area contributed by atoms with E-state index in [0.717, 1.165) is 0 Å². The van der Waals surface area contributed by atoms with E-state index in [-0.39, 0.29) is 10.8 Å². The molecule has 1 N–H and O–H groups in total. The van der Waals surface area contributed by atoms with Crippen LogP contribution in [0.5, 0.6) is 5.75 Å². The fraction of sp³-hybridized carbons (Fsp3) is 0.375. The fourth-order valence-corrected chi connectivity index (χ4v) is 4.33. The Morgan fingerprint density at radius 2 is 1.96 bits per heavy atom. The van der Waals surface area contributed by atoms with E-state index in [1.807, 2.05) is 0 Å². The Labute approximate surface area is 146 Å². The first-order valence-electron chi connectivity index (χ1n) is 7.76. The van der Waals surface area contributed by atoms with Crippen molar-refractivity contribution in [2.24, 2.45) is 7.05 Å². The number of carbonyl (C=O) groups excluding carboxylic acids is 1. The van der Waals surface area contributed by atoms with Gasteiger partial charge in [0, 0.05) is 19.8 Å². The van der Waals surface area contributed by atoms with E-state index < -0.39 is 10.0 Å². The first-order valence-corrected chi connectivity index (χ1v) is 9.24. The van der Waals surface area contributed by atoms with Crippen molar-refractivity contribution in [3.8, 4) is 5.75 Å². The summed E-state index contributed by atoms with van der Waals surface area (Å²) in [6, 6.07) is 4.68. The number of aromatic nitrogens is 2. The molecule has 2 aromatic rings. The van der Waals surface area contributed by atoms with Crippen LogP contribution in [0.1, 0.15) is 21.7 Å². The number of carbonyl (C=O) groups is 1. The monoisotopic (exact) mass is 364 g/mol. The number of amides is 1. The number of hydrogen-bond acceptors (Lipinski definition) is 5. The minimum absolute atomic E-state index is 0.143. The third kappa shape index (κ3) is 3.07. The van der Waals surface area contributed by atoms with Gasteiger partial charge in [0.2, 0.25) is 0 Å². The molecular formula is C16H20N4O4S. The van der Waals surface area contributed by atoms with Crippen molar-refractivity contribution < 1.29 is 17.9 Å². The maximum Gasteiger partial charge on any atom is 0.265 e. The summed E-state index contributed by atoms with van der Waals surface area (Å²) < 4.78 is 35.1. The van der Waals surface area contributed by atoms with E-state index >= 15 is 0 Å². The molecule has 1 aliphatic heterocycles. The molecule has 0 bridgehead atoms. The van der Waals surface area contributed by atoms with Gasteiger partial charge in [0.1, 0.15) is 17.3 Å². The lowest BCUT2D eigenvalue weighted by Gasteiger charge is -2.14. The van der Waals surface area contributed by atoms with Crippen molar-refractivity contribution in [2.75, 3.05) is 24.9 Å². The summed E-state index contributed by atoms with van der Waals surface area (Å²) in [4.78, 5) is 14.1. The molecule has 1 aliphatic rings. The van der Waals surface area contributed by atoms with Gasteiger partial charge in [-0.05, 0) is 32.0 Å². The van der Waals surface area contributed by atoms with E-state index in [1.165, 1.54) is 10.7 Å². The molecular weight excluding hydrogens is 344 g/mol. The van der Waals surface area contributed by atoms with Gasteiger partial charge in [-0.2, -0.15) is 5.10 Å². The number of rotatable bonds is 3. The number of sulfonamides is 1. The average Bonchev–Trinajstić information content (AvgIpc) is 2.71. The van der Waals surface area contributed by atoms with Gasteiger partial charge in [-0.25, -0.2) is 8.42 Å². The number of ether oxygens (including phenoxy) is 1. The Balaban J connectivity index is 1.99. The molecule has 134 valence electrons.